The summed E-state index contributed by atoms with van der Waals surface area (Å²) < 4.78 is 0. The molecule has 5 nitrogen and oxygen atoms in total. The molecule has 1 N–H and O–H groups in total. The number of carbonyl (C=O) groups excluding carboxylic acids is 1. The number of nitrogens with one attached hydrogen (secondary N) is 1. The van der Waals surface area contributed by atoms with E-state index in [4.69, 9.17) is 5.26 Å². The zero-order valence-corrected chi connectivity index (χ0v) is 15.4. The lowest BCUT2D eigenvalue weighted by atomic mass is 10.1. The van der Waals surface area contributed by atoms with E-state index >= 15 is 0 Å². The molecule has 1 amide bonds. The Kier molecular flexibility index (Phi) is 5.40. The van der Waals surface area contributed by atoms with Gasteiger partial charge in [-0.15, -0.1) is 11.3 Å². The van der Waals surface area contributed by atoms with Crippen molar-refractivity contribution in [3.63, 3.8) is 0 Å². The molecule has 0 aliphatic carbocycles. The summed E-state index contributed by atoms with van der Waals surface area (Å²) in [6.45, 7) is 4.51. The van der Waals surface area contributed by atoms with Crippen molar-refractivity contribution in [3.05, 3.63) is 70.6 Å². The van der Waals surface area contributed by atoms with Crippen LogP contribution in [0.25, 0.3) is 10.4 Å². The van der Waals surface area contributed by atoms with Crippen molar-refractivity contribution in [3.8, 4) is 16.5 Å². The minimum atomic E-state index is -0.212. The van der Waals surface area contributed by atoms with Crippen molar-refractivity contribution in [1.82, 2.24) is 15.3 Å². The van der Waals surface area contributed by atoms with E-state index in [-0.39, 0.29) is 11.8 Å². The molecule has 0 radical (unpaired) electrons. The second-order valence-corrected chi connectivity index (χ2v) is 7.15. The Morgan fingerprint density at radius 2 is 2.04 bits per heavy atom. The quantitative estimate of drug-likeness (QED) is 0.740. The predicted molar refractivity (Wildman–Crippen MR) is 102 cm³/mol. The topological polar surface area (TPSA) is 78.7 Å². The van der Waals surface area contributed by atoms with E-state index in [9.17, 15) is 4.79 Å². The highest BCUT2D eigenvalue weighted by atomic mass is 32.1. The van der Waals surface area contributed by atoms with E-state index in [0.29, 0.717) is 17.8 Å². The minimum Gasteiger partial charge on any atom is -0.347 e. The van der Waals surface area contributed by atoms with Gasteiger partial charge >= 0.3 is 0 Å². The number of hydrogen-bond donors (Lipinski definition) is 1. The van der Waals surface area contributed by atoms with E-state index in [2.05, 4.69) is 35.2 Å². The van der Waals surface area contributed by atoms with E-state index in [1.165, 1.54) is 11.3 Å². The van der Waals surface area contributed by atoms with Gasteiger partial charge in [0.05, 0.1) is 21.5 Å². The average Bonchev–Trinajstić information content (AvgIpc) is 3.13. The first-order chi connectivity index (χ1) is 12.6. The van der Waals surface area contributed by atoms with E-state index in [1.807, 2.05) is 24.3 Å². The van der Waals surface area contributed by atoms with Crippen LogP contribution in [0.5, 0.6) is 0 Å². The lowest BCUT2D eigenvalue weighted by molar-refractivity contribution is 0.0947. The Morgan fingerprint density at radius 1 is 1.27 bits per heavy atom. The smallest absolute Gasteiger partial charge is 0.271 e. The third-order valence-corrected chi connectivity index (χ3v) is 5.21. The Morgan fingerprint density at radius 3 is 2.65 bits per heavy atom. The van der Waals surface area contributed by atoms with Gasteiger partial charge in [0.15, 0.2) is 0 Å². The summed E-state index contributed by atoms with van der Waals surface area (Å²) in [6.07, 6.45) is 3.42. The number of thiazole rings is 1. The van der Waals surface area contributed by atoms with Crippen molar-refractivity contribution in [1.29, 1.82) is 5.26 Å². The first kappa shape index (κ1) is 17.8. The maximum atomic E-state index is 12.7. The maximum Gasteiger partial charge on any atom is 0.271 e. The normalized spacial score (nSPS) is 10.5. The molecule has 0 spiro atoms. The second-order valence-electron chi connectivity index (χ2n) is 6.12. The van der Waals surface area contributed by atoms with Gasteiger partial charge in [0.25, 0.3) is 5.91 Å². The standard InChI is InChI=1S/C20H18N4OS/c1-13(2)20-24-17(19(25)23-12-15-4-3-9-22-11-15)18(26-20)16-7-5-14(10-21)6-8-16/h3-9,11,13H,12H2,1-2H3,(H,23,25). The molecule has 0 aliphatic rings. The molecule has 26 heavy (non-hydrogen) atoms. The Labute approximate surface area is 156 Å². The molecular formula is C20H18N4OS. The van der Waals surface area contributed by atoms with Crippen molar-refractivity contribution < 1.29 is 4.79 Å². The van der Waals surface area contributed by atoms with Crippen LogP contribution in [-0.2, 0) is 6.54 Å². The van der Waals surface area contributed by atoms with Gasteiger partial charge in [0.1, 0.15) is 5.69 Å². The Balaban J connectivity index is 1.89. The van der Waals surface area contributed by atoms with E-state index in [1.54, 1.807) is 24.5 Å². The van der Waals surface area contributed by atoms with Crippen LogP contribution < -0.4 is 5.32 Å². The van der Waals surface area contributed by atoms with Gasteiger partial charge < -0.3 is 5.32 Å². The zero-order chi connectivity index (χ0) is 18.5. The molecule has 0 saturated heterocycles. The fourth-order valence-corrected chi connectivity index (χ4v) is 3.47. The highest BCUT2D eigenvalue weighted by Gasteiger charge is 2.20. The van der Waals surface area contributed by atoms with Crippen molar-refractivity contribution in [2.45, 2.75) is 26.3 Å². The van der Waals surface area contributed by atoms with Gasteiger partial charge in [-0.1, -0.05) is 32.0 Å². The van der Waals surface area contributed by atoms with Gasteiger partial charge in [0, 0.05) is 24.9 Å². The molecule has 6 heteroatoms. The lowest BCUT2D eigenvalue weighted by Gasteiger charge is -2.05. The third kappa shape index (κ3) is 3.95. The fourth-order valence-electron chi connectivity index (χ4n) is 2.40. The molecular weight excluding hydrogens is 344 g/mol. The molecule has 130 valence electrons. The summed E-state index contributed by atoms with van der Waals surface area (Å²) in [4.78, 5) is 22.2. The number of hydrogen-bond acceptors (Lipinski definition) is 5. The van der Waals surface area contributed by atoms with Gasteiger partial charge in [-0.25, -0.2) is 4.98 Å². The highest BCUT2D eigenvalue weighted by molar-refractivity contribution is 7.15. The molecule has 0 saturated carbocycles. The fraction of sp³-hybridized carbons (Fsp3) is 0.200. The van der Waals surface area contributed by atoms with Crippen LogP contribution >= 0.6 is 11.3 Å². The molecule has 0 bridgehead atoms. The third-order valence-electron chi connectivity index (χ3n) is 3.80. The van der Waals surface area contributed by atoms with Crippen LogP contribution in [0, 0.1) is 11.3 Å². The molecule has 2 aromatic heterocycles. The Hall–Kier alpha value is -3.04. The number of carbonyl (C=O) groups is 1. The highest BCUT2D eigenvalue weighted by Crippen LogP contribution is 2.33. The maximum absolute atomic E-state index is 12.7. The van der Waals surface area contributed by atoms with Crippen molar-refractivity contribution >= 4 is 17.2 Å². The van der Waals surface area contributed by atoms with Gasteiger partial charge in [-0.2, -0.15) is 5.26 Å². The molecule has 3 rings (SSSR count). The number of aromatic nitrogens is 2. The van der Waals surface area contributed by atoms with Crippen LogP contribution in [0.3, 0.4) is 0 Å². The van der Waals surface area contributed by atoms with Crippen molar-refractivity contribution in [2.75, 3.05) is 0 Å². The van der Waals surface area contributed by atoms with Crippen LogP contribution in [-0.4, -0.2) is 15.9 Å². The van der Waals surface area contributed by atoms with Gasteiger partial charge in [-0.3, -0.25) is 9.78 Å². The van der Waals surface area contributed by atoms with Crippen LogP contribution in [0.2, 0.25) is 0 Å². The predicted octanol–water partition coefficient (Wildman–Crippen LogP) is 4.13. The van der Waals surface area contributed by atoms with Crippen molar-refractivity contribution in [2.24, 2.45) is 0 Å². The number of amides is 1. The number of nitrogens with zero attached hydrogens (tertiary/aromatic N) is 3. The first-order valence-electron chi connectivity index (χ1n) is 8.27. The summed E-state index contributed by atoms with van der Waals surface area (Å²) in [5.74, 6) is 0.0216. The SMILES string of the molecule is CC(C)c1nc(C(=O)NCc2cccnc2)c(-c2ccc(C#N)cc2)s1. The summed E-state index contributed by atoms with van der Waals surface area (Å²) in [6, 6.07) is 13.1. The van der Waals surface area contributed by atoms with Crippen LogP contribution in [0.15, 0.2) is 48.8 Å². The zero-order valence-electron chi connectivity index (χ0n) is 14.6. The number of pyridine rings is 1. The molecule has 2 heterocycles. The minimum absolute atomic E-state index is 0.212. The van der Waals surface area contributed by atoms with Gasteiger partial charge in [-0.05, 0) is 29.3 Å². The van der Waals surface area contributed by atoms with E-state index < -0.39 is 0 Å². The Bertz CT molecular complexity index is 940. The molecule has 3 aromatic rings. The largest absolute Gasteiger partial charge is 0.347 e. The molecule has 0 aliphatic heterocycles. The number of nitriles is 1. The molecule has 0 atom stereocenters. The lowest BCUT2D eigenvalue weighted by Crippen LogP contribution is -2.23. The van der Waals surface area contributed by atoms with Crippen LogP contribution in [0.1, 0.15) is 46.4 Å². The summed E-state index contributed by atoms with van der Waals surface area (Å²) in [5.41, 5.74) is 2.83. The molecule has 0 fully saturated rings. The monoisotopic (exact) mass is 362 g/mol. The summed E-state index contributed by atoms with van der Waals surface area (Å²) >= 11 is 1.52. The molecule has 1 aromatic carbocycles. The first-order valence-corrected chi connectivity index (χ1v) is 9.08. The van der Waals surface area contributed by atoms with E-state index in [0.717, 1.165) is 21.0 Å². The van der Waals surface area contributed by atoms with Crippen LogP contribution in [0.4, 0.5) is 0 Å². The number of benzene rings is 1. The number of rotatable bonds is 5. The average molecular weight is 362 g/mol. The summed E-state index contributed by atoms with van der Waals surface area (Å²) in [7, 11) is 0. The summed E-state index contributed by atoms with van der Waals surface area (Å²) in [5, 5.41) is 12.8. The second kappa shape index (κ2) is 7.89. The molecule has 0 unspecified atom stereocenters. The van der Waals surface area contributed by atoms with Gasteiger partial charge in [0.2, 0.25) is 0 Å².